The minimum atomic E-state index is -5.49. The number of halogens is 3. The Balaban J connectivity index is 1.63. The molecule has 216 valence electrons. The zero-order valence-corrected chi connectivity index (χ0v) is 22.7. The van der Waals surface area contributed by atoms with Crippen LogP contribution in [0.1, 0.15) is 62.4 Å². The maximum Gasteiger partial charge on any atom is 0.501 e. The number of benzene rings is 2. The number of aldehydes is 1. The largest absolute Gasteiger partial charge is 0.501 e. The first-order valence-corrected chi connectivity index (χ1v) is 14.3. The molecule has 0 spiro atoms. The molecule has 0 fully saturated rings. The highest BCUT2D eigenvalue weighted by atomic mass is 32.2. The van der Waals surface area contributed by atoms with E-state index in [0.29, 0.717) is 28.4 Å². The van der Waals surface area contributed by atoms with Gasteiger partial charge in [0.1, 0.15) is 0 Å². The molecule has 3 rings (SSSR count). The lowest BCUT2D eigenvalue weighted by Crippen LogP contribution is -2.27. The van der Waals surface area contributed by atoms with Gasteiger partial charge in [-0.25, -0.2) is 13.2 Å². The van der Waals surface area contributed by atoms with Crippen molar-refractivity contribution in [3.05, 3.63) is 65.5 Å². The Hall–Kier alpha value is -3.58. The SMILES string of the molecule is CCCCCCCCc1noc(-c2ccc(CN(Cc3ccc(S(=O)(=O)C(F)(F)F)cc3)OC(=O)C=O)cc2)n1. The Labute approximate surface area is 230 Å². The number of sulfone groups is 1. The van der Waals surface area contributed by atoms with Crippen molar-refractivity contribution in [3.8, 4) is 11.5 Å². The molecule has 0 aliphatic carbocycles. The molecule has 0 saturated carbocycles. The van der Waals surface area contributed by atoms with Crippen LogP contribution in [0.15, 0.2) is 57.9 Å². The summed E-state index contributed by atoms with van der Waals surface area (Å²) in [6.07, 6.45) is 7.66. The molecule has 40 heavy (non-hydrogen) atoms. The van der Waals surface area contributed by atoms with E-state index in [1.165, 1.54) is 37.8 Å². The molecule has 0 amide bonds. The summed E-state index contributed by atoms with van der Waals surface area (Å²) < 4.78 is 66.9. The van der Waals surface area contributed by atoms with Crippen LogP contribution in [0.5, 0.6) is 0 Å². The monoisotopic (exact) mass is 581 g/mol. The molecule has 0 unspecified atom stereocenters. The number of hydrogen-bond donors (Lipinski definition) is 0. The van der Waals surface area contributed by atoms with Gasteiger partial charge in [-0.3, -0.25) is 4.79 Å². The van der Waals surface area contributed by atoms with Crippen molar-refractivity contribution in [1.82, 2.24) is 15.2 Å². The maximum absolute atomic E-state index is 12.8. The molecule has 0 aliphatic heterocycles. The molecule has 9 nitrogen and oxygen atoms in total. The van der Waals surface area contributed by atoms with Gasteiger partial charge in [0, 0.05) is 12.0 Å². The normalized spacial score (nSPS) is 12.0. The van der Waals surface area contributed by atoms with E-state index in [1.54, 1.807) is 24.3 Å². The first-order chi connectivity index (χ1) is 19.0. The maximum atomic E-state index is 12.8. The van der Waals surface area contributed by atoms with Crippen LogP contribution in [0.2, 0.25) is 0 Å². The lowest BCUT2D eigenvalue weighted by Gasteiger charge is -2.20. The fourth-order valence-corrected chi connectivity index (χ4v) is 4.63. The topological polar surface area (TPSA) is 120 Å². The number of unbranched alkanes of at least 4 members (excludes halogenated alkanes) is 5. The molecular formula is C27H30F3N3O6S. The van der Waals surface area contributed by atoms with E-state index in [1.807, 2.05) is 0 Å². The smallest absolute Gasteiger partial charge is 0.361 e. The standard InChI is InChI=1S/C27H30F3N3O6S/c1-2-3-4-5-6-7-8-24-31-26(38-32-24)22-13-9-20(10-14-22)17-33(39-25(35)19-34)18-21-11-15-23(16-12-21)40(36,37)27(28,29)30/h9-16,19H,2-8,17-18H2,1H3. The van der Waals surface area contributed by atoms with Crippen LogP contribution < -0.4 is 0 Å². The van der Waals surface area contributed by atoms with Crippen LogP contribution in [0.3, 0.4) is 0 Å². The predicted molar refractivity (Wildman–Crippen MR) is 138 cm³/mol. The molecular weight excluding hydrogens is 551 g/mol. The highest BCUT2D eigenvalue weighted by molar-refractivity contribution is 7.92. The fourth-order valence-electron chi connectivity index (χ4n) is 3.87. The van der Waals surface area contributed by atoms with Crippen LogP contribution in [0.4, 0.5) is 13.2 Å². The van der Waals surface area contributed by atoms with Gasteiger partial charge in [0.15, 0.2) is 5.82 Å². The molecule has 0 radical (unpaired) electrons. The number of hydrogen-bond acceptors (Lipinski definition) is 9. The van der Waals surface area contributed by atoms with Gasteiger partial charge < -0.3 is 9.36 Å². The van der Waals surface area contributed by atoms with E-state index in [9.17, 15) is 31.2 Å². The van der Waals surface area contributed by atoms with Crippen molar-refractivity contribution in [2.75, 3.05) is 0 Å². The second-order valence-corrected chi connectivity index (χ2v) is 11.1. The van der Waals surface area contributed by atoms with Gasteiger partial charge >= 0.3 is 11.5 Å². The van der Waals surface area contributed by atoms with Crippen molar-refractivity contribution >= 4 is 22.1 Å². The Morgan fingerprint density at radius 2 is 1.52 bits per heavy atom. The highest BCUT2D eigenvalue weighted by Crippen LogP contribution is 2.30. The lowest BCUT2D eigenvalue weighted by atomic mass is 10.1. The third kappa shape index (κ3) is 8.71. The molecule has 2 aromatic carbocycles. The van der Waals surface area contributed by atoms with Crippen LogP contribution in [0, 0.1) is 0 Å². The second kappa shape index (κ2) is 14.2. The van der Waals surface area contributed by atoms with E-state index < -0.39 is 26.2 Å². The quantitative estimate of drug-likeness (QED) is 0.0979. The van der Waals surface area contributed by atoms with E-state index in [2.05, 4.69) is 17.1 Å². The van der Waals surface area contributed by atoms with Crippen molar-refractivity contribution in [3.63, 3.8) is 0 Å². The molecule has 0 atom stereocenters. The summed E-state index contributed by atoms with van der Waals surface area (Å²) >= 11 is 0. The summed E-state index contributed by atoms with van der Waals surface area (Å²) in [6.45, 7) is 2.07. The van der Waals surface area contributed by atoms with Gasteiger partial charge in [-0.1, -0.05) is 68.4 Å². The number of aromatic nitrogens is 2. The van der Waals surface area contributed by atoms with Crippen molar-refractivity contribution in [2.24, 2.45) is 0 Å². The molecule has 1 heterocycles. The van der Waals surface area contributed by atoms with E-state index >= 15 is 0 Å². The van der Waals surface area contributed by atoms with Crippen LogP contribution in [0.25, 0.3) is 11.5 Å². The van der Waals surface area contributed by atoms with Crippen molar-refractivity contribution < 1.29 is 40.5 Å². The Kier molecular flexibility index (Phi) is 11.0. The number of carbonyl (C=O) groups excluding carboxylic acids is 2. The Morgan fingerprint density at radius 3 is 2.10 bits per heavy atom. The fraction of sp³-hybridized carbons (Fsp3) is 0.407. The Morgan fingerprint density at radius 1 is 0.950 bits per heavy atom. The molecule has 0 N–H and O–H groups in total. The van der Waals surface area contributed by atoms with Crippen LogP contribution in [-0.4, -0.2) is 41.4 Å². The van der Waals surface area contributed by atoms with Gasteiger partial charge in [-0.05, 0) is 41.8 Å². The molecule has 1 aromatic heterocycles. The molecule has 3 aromatic rings. The third-order valence-corrected chi connectivity index (χ3v) is 7.50. The summed E-state index contributed by atoms with van der Waals surface area (Å²) in [6, 6.07) is 10.9. The minimum Gasteiger partial charge on any atom is -0.361 e. The molecule has 0 aliphatic rings. The predicted octanol–water partition coefficient (Wildman–Crippen LogP) is 5.59. The number of hydroxylamine groups is 2. The minimum absolute atomic E-state index is 0.0204. The molecule has 0 bridgehead atoms. The average molecular weight is 582 g/mol. The number of alkyl halides is 3. The third-order valence-electron chi connectivity index (χ3n) is 5.99. The van der Waals surface area contributed by atoms with Gasteiger partial charge in [0.25, 0.3) is 15.7 Å². The van der Waals surface area contributed by atoms with E-state index in [4.69, 9.17) is 9.36 Å². The summed E-state index contributed by atoms with van der Waals surface area (Å²) in [7, 11) is -5.49. The second-order valence-electron chi connectivity index (χ2n) is 9.15. The van der Waals surface area contributed by atoms with Crippen LogP contribution >= 0.6 is 0 Å². The van der Waals surface area contributed by atoms with E-state index in [-0.39, 0.29) is 19.4 Å². The average Bonchev–Trinajstić information content (AvgIpc) is 3.39. The lowest BCUT2D eigenvalue weighted by molar-refractivity contribution is -0.195. The first-order valence-electron chi connectivity index (χ1n) is 12.8. The summed E-state index contributed by atoms with van der Waals surface area (Å²) in [5, 5.41) is 5.17. The van der Waals surface area contributed by atoms with Gasteiger partial charge in [0.2, 0.25) is 6.29 Å². The number of carbonyl (C=O) groups is 2. The zero-order chi connectivity index (χ0) is 29.2. The van der Waals surface area contributed by atoms with Crippen molar-refractivity contribution in [2.45, 2.75) is 75.4 Å². The zero-order valence-electron chi connectivity index (χ0n) is 21.9. The number of rotatable bonds is 15. The van der Waals surface area contributed by atoms with E-state index in [0.717, 1.165) is 36.5 Å². The highest BCUT2D eigenvalue weighted by Gasteiger charge is 2.46. The Bertz CT molecular complexity index is 1360. The van der Waals surface area contributed by atoms with Gasteiger partial charge in [-0.2, -0.15) is 18.2 Å². The van der Waals surface area contributed by atoms with Gasteiger partial charge in [-0.15, -0.1) is 5.06 Å². The number of nitrogens with zero attached hydrogens (tertiary/aromatic N) is 3. The summed E-state index contributed by atoms with van der Waals surface area (Å²) in [5.74, 6) is -0.169. The van der Waals surface area contributed by atoms with Crippen molar-refractivity contribution in [1.29, 1.82) is 0 Å². The van der Waals surface area contributed by atoms with Gasteiger partial charge in [0.05, 0.1) is 18.0 Å². The van der Waals surface area contributed by atoms with Crippen LogP contribution in [-0.2, 0) is 43.8 Å². The summed E-state index contributed by atoms with van der Waals surface area (Å²) in [5.41, 5.74) is -3.72. The first kappa shape index (κ1) is 31.0. The summed E-state index contributed by atoms with van der Waals surface area (Å²) in [4.78, 5) is 31.0. The number of aryl methyl sites for hydroxylation is 1. The molecule has 0 saturated heterocycles. The molecule has 13 heteroatoms.